The Morgan fingerprint density at radius 2 is 1.88 bits per heavy atom. The summed E-state index contributed by atoms with van der Waals surface area (Å²) in [6.45, 7) is 3.35. The molecule has 0 saturated heterocycles. The predicted molar refractivity (Wildman–Crippen MR) is 90.9 cm³/mol. The van der Waals surface area contributed by atoms with Crippen molar-refractivity contribution in [2.45, 2.75) is 32.8 Å². The number of nitrogens with zero attached hydrogens (tertiary/aromatic N) is 2. The molecule has 0 bridgehead atoms. The summed E-state index contributed by atoms with van der Waals surface area (Å²) in [5.41, 5.74) is 1.90. The zero-order chi connectivity index (χ0) is 19.1. The molecule has 0 aliphatic heterocycles. The first-order valence-electron chi connectivity index (χ1n) is 8.00. The molecule has 1 heterocycles. The van der Waals surface area contributed by atoms with E-state index < -0.39 is 24.0 Å². The maximum absolute atomic E-state index is 11.8. The highest BCUT2D eigenvalue weighted by Crippen LogP contribution is 2.18. The second kappa shape index (κ2) is 8.75. The number of benzene rings is 1. The average molecular weight is 360 g/mol. The standard InChI is InChI=1S/C17H20N4O5/c1-10-4-6-12(7-5-10)16-21-20-13(26-16)8-9-14(22)25-11(2)15(23)19-17(24)18-3/h4-7,11H,8-9H2,1-3H3,(H2,18,19,23,24). The van der Waals surface area contributed by atoms with Crippen LogP contribution in [0.2, 0.25) is 0 Å². The molecule has 0 saturated carbocycles. The summed E-state index contributed by atoms with van der Waals surface area (Å²) in [7, 11) is 1.37. The smallest absolute Gasteiger partial charge is 0.321 e. The van der Waals surface area contributed by atoms with E-state index in [2.05, 4.69) is 15.5 Å². The van der Waals surface area contributed by atoms with Crippen LogP contribution in [0.25, 0.3) is 11.5 Å². The fraction of sp³-hybridized carbons (Fsp3) is 0.353. The first-order valence-corrected chi connectivity index (χ1v) is 8.00. The van der Waals surface area contributed by atoms with Crippen molar-refractivity contribution >= 4 is 17.9 Å². The van der Waals surface area contributed by atoms with Crippen LogP contribution < -0.4 is 10.6 Å². The van der Waals surface area contributed by atoms with Gasteiger partial charge in [0.25, 0.3) is 5.91 Å². The highest BCUT2D eigenvalue weighted by molar-refractivity contribution is 5.96. The van der Waals surface area contributed by atoms with Crippen LogP contribution in [-0.4, -0.2) is 41.3 Å². The maximum atomic E-state index is 11.8. The third-order valence-electron chi connectivity index (χ3n) is 3.45. The van der Waals surface area contributed by atoms with Crippen LogP contribution in [0.4, 0.5) is 4.79 Å². The van der Waals surface area contributed by atoms with Gasteiger partial charge in [-0.25, -0.2) is 4.79 Å². The molecule has 0 radical (unpaired) electrons. The van der Waals surface area contributed by atoms with Crippen molar-refractivity contribution in [3.05, 3.63) is 35.7 Å². The first-order chi connectivity index (χ1) is 12.4. The largest absolute Gasteiger partial charge is 0.453 e. The summed E-state index contributed by atoms with van der Waals surface area (Å²) in [4.78, 5) is 34.5. The van der Waals surface area contributed by atoms with Crippen LogP contribution in [0.15, 0.2) is 28.7 Å². The minimum absolute atomic E-state index is 0.0346. The van der Waals surface area contributed by atoms with Gasteiger partial charge in [0.1, 0.15) is 0 Å². The lowest BCUT2D eigenvalue weighted by Gasteiger charge is -2.12. The number of aryl methyl sites for hydroxylation is 2. The first kappa shape index (κ1) is 19.1. The number of nitrogens with one attached hydrogen (secondary N) is 2. The van der Waals surface area contributed by atoms with Crippen molar-refractivity contribution in [3.8, 4) is 11.5 Å². The number of carbonyl (C=O) groups is 3. The quantitative estimate of drug-likeness (QED) is 0.746. The van der Waals surface area contributed by atoms with Gasteiger partial charge in [0.2, 0.25) is 11.8 Å². The van der Waals surface area contributed by atoms with Crippen molar-refractivity contribution in [3.63, 3.8) is 0 Å². The van der Waals surface area contributed by atoms with E-state index in [-0.39, 0.29) is 12.8 Å². The Hall–Kier alpha value is -3.23. The number of hydrogen-bond acceptors (Lipinski definition) is 7. The summed E-state index contributed by atoms with van der Waals surface area (Å²) in [5, 5.41) is 12.1. The van der Waals surface area contributed by atoms with E-state index in [1.54, 1.807) is 0 Å². The van der Waals surface area contributed by atoms with Gasteiger partial charge in [0, 0.05) is 19.0 Å². The van der Waals surface area contributed by atoms with Gasteiger partial charge < -0.3 is 14.5 Å². The SMILES string of the molecule is CNC(=O)NC(=O)C(C)OC(=O)CCc1nnc(-c2ccc(C)cc2)o1. The molecule has 0 fully saturated rings. The van der Waals surface area contributed by atoms with Crippen LogP contribution in [-0.2, 0) is 20.7 Å². The van der Waals surface area contributed by atoms with Gasteiger partial charge in [0.15, 0.2) is 6.10 Å². The molecule has 26 heavy (non-hydrogen) atoms. The van der Waals surface area contributed by atoms with E-state index in [1.807, 2.05) is 36.5 Å². The van der Waals surface area contributed by atoms with Crippen LogP contribution in [0.1, 0.15) is 24.8 Å². The molecule has 2 N–H and O–H groups in total. The molecule has 0 aliphatic rings. The van der Waals surface area contributed by atoms with Gasteiger partial charge in [-0.05, 0) is 26.0 Å². The molecule has 1 unspecified atom stereocenters. The third kappa shape index (κ3) is 5.40. The molecule has 0 spiro atoms. The molecule has 9 heteroatoms. The molecular weight excluding hydrogens is 340 g/mol. The van der Waals surface area contributed by atoms with Crippen LogP contribution in [0.3, 0.4) is 0 Å². The van der Waals surface area contributed by atoms with E-state index >= 15 is 0 Å². The number of aromatic nitrogens is 2. The number of hydrogen-bond donors (Lipinski definition) is 2. The summed E-state index contributed by atoms with van der Waals surface area (Å²) in [5.74, 6) is -0.663. The lowest BCUT2D eigenvalue weighted by Crippen LogP contribution is -2.43. The number of amides is 3. The van der Waals surface area contributed by atoms with Crippen molar-refractivity contribution < 1.29 is 23.5 Å². The minimum atomic E-state index is -1.09. The summed E-state index contributed by atoms with van der Waals surface area (Å²) < 4.78 is 10.5. The molecule has 0 aliphatic carbocycles. The fourth-order valence-electron chi connectivity index (χ4n) is 1.96. The molecule has 1 aromatic carbocycles. The van der Waals surface area contributed by atoms with Crippen LogP contribution in [0, 0.1) is 6.92 Å². The Bertz CT molecular complexity index is 785. The molecule has 1 atom stereocenters. The van der Waals surface area contributed by atoms with Gasteiger partial charge in [0.05, 0.1) is 6.42 Å². The number of esters is 1. The fourth-order valence-corrected chi connectivity index (χ4v) is 1.96. The Morgan fingerprint density at radius 1 is 1.19 bits per heavy atom. The van der Waals surface area contributed by atoms with Crippen molar-refractivity contribution in [1.82, 2.24) is 20.8 Å². The monoisotopic (exact) mass is 360 g/mol. The predicted octanol–water partition coefficient (Wildman–Crippen LogP) is 1.36. The second-order valence-corrected chi connectivity index (χ2v) is 5.57. The molecule has 2 aromatic rings. The topological polar surface area (TPSA) is 123 Å². The number of urea groups is 1. The molecular formula is C17H20N4O5. The Balaban J connectivity index is 1.83. The summed E-state index contributed by atoms with van der Waals surface area (Å²) in [6, 6.07) is 6.93. The van der Waals surface area contributed by atoms with Crippen molar-refractivity contribution in [1.29, 1.82) is 0 Å². The minimum Gasteiger partial charge on any atom is -0.453 e. The lowest BCUT2D eigenvalue weighted by atomic mass is 10.1. The van der Waals surface area contributed by atoms with Crippen LogP contribution >= 0.6 is 0 Å². The summed E-state index contributed by atoms with van der Waals surface area (Å²) >= 11 is 0. The Morgan fingerprint density at radius 3 is 2.54 bits per heavy atom. The third-order valence-corrected chi connectivity index (χ3v) is 3.45. The maximum Gasteiger partial charge on any atom is 0.321 e. The zero-order valence-corrected chi connectivity index (χ0v) is 14.7. The van der Waals surface area contributed by atoms with E-state index in [9.17, 15) is 14.4 Å². The molecule has 1 aromatic heterocycles. The Labute approximate surface area is 150 Å². The molecule has 2 rings (SSSR count). The van der Waals surface area contributed by atoms with Gasteiger partial charge in [-0.2, -0.15) is 0 Å². The second-order valence-electron chi connectivity index (χ2n) is 5.57. The van der Waals surface area contributed by atoms with Crippen molar-refractivity contribution in [2.75, 3.05) is 7.05 Å². The molecule has 138 valence electrons. The lowest BCUT2D eigenvalue weighted by molar-refractivity contribution is -0.154. The van der Waals surface area contributed by atoms with Gasteiger partial charge in [-0.1, -0.05) is 17.7 Å². The number of rotatable bonds is 6. The average Bonchev–Trinajstić information content (AvgIpc) is 3.09. The van der Waals surface area contributed by atoms with E-state index in [1.165, 1.54) is 14.0 Å². The molecule has 3 amide bonds. The highest BCUT2D eigenvalue weighted by Gasteiger charge is 2.20. The van der Waals surface area contributed by atoms with E-state index in [4.69, 9.17) is 9.15 Å². The highest BCUT2D eigenvalue weighted by atomic mass is 16.5. The van der Waals surface area contributed by atoms with Gasteiger partial charge in [-0.15, -0.1) is 10.2 Å². The number of carbonyl (C=O) groups excluding carboxylic acids is 3. The van der Waals surface area contributed by atoms with E-state index in [0.717, 1.165) is 11.1 Å². The number of ether oxygens (including phenoxy) is 1. The van der Waals surface area contributed by atoms with E-state index in [0.29, 0.717) is 11.8 Å². The summed E-state index contributed by atoms with van der Waals surface area (Å²) in [6.07, 6.45) is -0.945. The Kier molecular flexibility index (Phi) is 6.42. The van der Waals surface area contributed by atoms with Gasteiger partial charge in [-0.3, -0.25) is 14.9 Å². The normalized spacial score (nSPS) is 11.5. The van der Waals surface area contributed by atoms with Gasteiger partial charge >= 0.3 is 12.0 Å². The molecule has 9 nitrogen and oxygen atoms in total. The zero-order valence-electron chi connectivity index (χ0n) is 14.7. The number of imide groups is 1. The van der Waals surface area contributed by atoms with Crippen LogP contribution in [0.5, 0.6) is 0 Å². The van der Waals surface area contributed by atoms with Crippen molar-refractivity contribution in [2.24, 2.45) is 0 Å².